The van der Waals surface area contributed by atoms with Crippen molar-refractivity contribution in [3.8, 4) is 11.5 Å². The predicted molar refractivity (Wildman–Crippen MR) is 111 cm³/mol. The van der Waals surface area contributed by atoms with Gasteiger partial charge in [0.15, 0.2) is 6.10 Å². The van der Waals surface area contributed by atoms with Crippen molar-refractivity contribution in [1.29, 1.82) is 0 Å². The van der Waals surface area contributed by atoms with Crippen molar-refractivity contribution < 1.29 is 19.0 Å². The average molecular weight is 385 g/mol. The SMILES string of the molecule is CCCCCCOC(C(=O)OCc1cccc(Oc2ccccc2)c1)C(C)C. The molecule has 28 heavy (non-hydrogen) atoms. The van der Waals surface area contributed by atoms with Crippen LogP contribution in [0.1, 0.15) is 52.0 Å². The van der Waals surface area contributed by atoms with Crippen LogP contribution in [0.2, 0.25) is 0 Å². The van der Waals surface area contributed by atoms with Gasteiger partial charge in [-0.05, 0) is 42.2 Å². The van der Waals surface area contributed by atoms with Gasteiger partial charge in [-0.2, -0.15) is 0 Å². The van der Waals surface area contributed by atoms with E-state index >= 15 is 0 Å². The summed E-state index contributed by atoms with van der Waals surface area (Å²) in [6.45, 7) is 6.93. The minimum absolute atomic E-state index is 0.0754. The summed E-state index contributed by atoms with van der Waals surface area (Å²) in [6, 6.07) is 17.2. The first kappa shape index (κ1) is 22.0. The van der Waals surface area contributed by atoms with Crippen molar-refractivity contribution in [1.82, 2.24) is 0 Å². The van der Waals surface area contributed by atoms with Gasteiger partial charge in [0.05, 0.1) is 0 Å². The number of unbranched alkanes of at least 4 members (excludes halogenated alkanes) is 3. The number of hydrogen-bond donors (Lipinski definition) is 0. The van der Waals surface area contributed by atoms with Gasteiger partial charge >= 0.3 is 5.97 Å². The fourth-order valence-corrected chi connectivity index (χ4v) is 2.83. The van der Waals surface area contributed by atoms with Crippen LogP contribution in [0.25, 0.3) is 0 Å². The fraction of sp³-hybridized carbons (Fsp3) is 0.458. The third-order valence-electron chi connectivity index (χ3n) is 4.39. The first-order valence-corrected chi connectivity index (χ1v) is 10.2. The molecule has 0 heterocycles. The zero-order valence-corrected chi connectivity index (χ0v) is 17.2. The van der Waals surface area contributed by atoms with Crippen molar-refractivity contribution in [3.05, 3.63) is 60.2 Å². The van der Waals surface area contributed by atoms with E-state index in [0.717, 1.165) is 24.2 Å². The van der Waals surface area contributed by atoms with Gasteiger partial charge < -0.3 is 14.2 Å². The highest BCUT2D eigenvalue weighted by atomic mass is 16.6. The normalized spacial score (nSPS) is 12.0. The lowest BCUT2D eigenvalue weighted by molar-refractivity contribution is -0.161. The molecule has 0 spiro atoms. The minimum atomic E-state index is -0.523. The van der Waals surface area contributed by atoms with E-state index in [1.165, 1.54) is 12.8 Å². The van der Waals surface area contributed by atoms with Gasteiger partial charge in [-0.3, -0.25) is 0 Å². The molecule has 1 unspecified atom stereocenters. The molecule has 4 heteroatoms. The molecule has 4 nitrogen and oxygen atoms in total. The number of ether oxygens (including phenoxy) is 3. The maximum Gasteiger partial charge on any atom is 0.335 e. The summed E-state index contributed by atoms with van der Waals surface area (Å²) in [5, 5.41) is 0. The largest absolute Gasteiger partial charge is 0.459 e. The second-order valence-corrected chi connectivity index (χ2v) is 7.27. The van der Waals surface area contributed by atoms with E-state index < -0.39 is 6.10 Å². The van der Waals surface area contributed by atoms with Crippen LogP contribution in [-0.2, 0) is 20.9 Å². The molecular formula is C24H32O4. The second-order valence-electron chi connectivity index (χ2n) is 7.27. The van der Waals surface area contributed by atoms with Crippen LogP contribution in [0, 0.1) is 5.92 Å². The van der Waals surface area contributed by atoms with Crippen LogP contribution in [0.3, 0.4) is 0 Å². The van der Waals surface area contributed by atoms with E-state index in [4.69, 9.17) is 14.2 Å². The zero-order valence-electron chi connectivity index (χ0n) is 17.2. The summed E-state index contributed by atoms with van der Waals surface area (Å²) in [5.41, 5.74) is 0.882. The van der Waals surface area contributed by atoms with E-state index in [-0.39, 0.29) is 18.5 Å². The number of esters is 1. The highest BCUT2D eigenvalue weighted by molar-refractivity contribution is 5.75. The predicted octanol–water partition coefficient (Wildman–Crippen LogP) is 6.14. The quantitative estimate of drug-likeness (QED) is 0.325. The van der Waals surface area contributed by atoms with Gasteiger partial charge in [-0.1, -0.05) is 70.4 Å². The molecule has 0 amide bonds. The zero-order chi connectivity index (χ0) is 20.2. The lowest BCUT2D eigenvalue weighted by Crippen LogP contribution is -2.31. The number of benzene rings is 2. The lowest BCUT2D eigenvalue weighted by Gasteiger charge is -2.20. The highest BCUT2D eigenvalue weighted by Crippen LogP contribution is 2.22. The fourth-order valence-electron chi connectivity index (χ4n) is 2.83. The Morgan fingerprint density at radius 1 is 0.929 bits per heavy atom. The molecule has 0 N–H and O–H groups in total. The molecular weight excluding hydrogens is 352 g/mol. The third-order valence-corrected chi connectivity index (χ3v) is 4.39. The molecule has 0 radical (unpaired) electrons. The summed E-state index contributed by atoms with van der Waals surface area (Å²) in [4.78, 5) is 12.5. The number of carbonyl (C=O) groups excluding carboxylic acids is 1. The van der Waals surface area contributed by atoms with Crippen LogP contribution in [-0.4, -0.2) is 18.7 Å². The first-order chi connectivity index (χ1) is 13.6. The molecule has 0 aliphatic rings. The third kappa shape index (κ3) is 7.73. The molecule has 1 atom stereocenters. The maximum atomic E-state index is 12.5. The molecule has 0 aromatic heterocycles. The standard InChI is InChI=1S/C24H32O4/c1-4-5-6-10-16-26-23(19(2)3)24(25)27-18-20-12-11-15-22(17-20)28-21-13-8-7-9-14-21/h7-9,11-15,17,19,23H,4-6,10,16,18H2,1-3H3. The Kier molecular flexibility index (Phi) is 9.56. The van der Waals surface area contributed by atoms with E-state index in [9.17, 15) is 4.79 Å². The molecule has 2 rings (SSSR count). The summed E-state index contributed by atoms with van der Waals surface area (Å²) in [6.07, 6.45) is 3.96. The number of carbonyl (C=O) groups is 1. The molecule has 152 valence electrons. The summed E-state index contributed by atoms with van der Waals surface area (Å²) in [5.74, 6) is 1.26. The van der Waals surface area contributed by atoms with Gasteiger partial charge in [0.2, 0.25) is 0 Å². The Hall–Kier alpha value is -2.33. The van der Waals surface area contributed by atoms with Gasteiger partial charge in [0, 0.05) is 6.61 Å². The van der Waals surface area contributed by atoms with E-state index in [0.29, 0.717) is 12.4 Å². The Morgan fingerprint density at radius 3 is 2.39 bits per heavy atom. The Balaban J connectivity index is 1.85. The Bertz CT molecular complexity index is 697. The van der Waals surface area contributed by atoms with Crippen molar-refractivity contribution in [2.24, 2.45) is 5.92 Å². The molecule has 0 bridgehead atoms. The summed E-state index contributed by atoms with van der Waals surface area (Å²) >= 11 is 0. The molecule has 0 saturated heterocycles. The van der Waals surface area contributed by atoms with Gasteiger partial charge in [-0.25, -0.2) is 4.79 Å². The number of para-hydroxylation sites is 1. The lowest BCUT2D eigenvalue weighted by atomic mass is 10.1. The first-order valence-electron chi connectivity index (χ1n) is 10.2. The highest BCUT2D eigenvalue weighted by Gasteiger charge is 2.24. The second kappa shape index (κ2) is 12.2. The Morgan fingerprint density at radius 2 is 1.68 bits per heavy atom. The summed E-state index contributed by atoms with van der Waals surface area (Å²) < 4.78 is 17.2. The Labute approximate surface area is 168 Å². The molecule has 0 aliphatic heterocycles. The monoisotopic (exact) mass is 384 g/mol. The van der Waals surface area contributed by atoms with Crippen LogP contribution in [0.4, 0.5) is 0 Å². The van der Waals surface area contributed by atoms with Gasteiger partial charge in [0.1, 0.15) is 18.1 Å². The number of rotatable bonds is 12. The van der Waals surface area contributed by atoms with Crippen LogP contribution < -0.4 is 4.74 Å². The van der Waals surface area contributed by atoms with Crippen molar-refractivity contribution in [2.75, 3.05) is 6.61 Å². The topological polar surface area (TPSA) is 44.8 Å². The molecule has 2 aromatic rings. The molecule has 0 saturated carbocycles. The van der Waals surface area contributed by atoms with Crippen LogP contribution in [0.5, 0.6) is 11.5 Å². The van der Waals surface area contributed by atoms with E-state index in [1.807, 2.05) is 68.4 Å². The van der Waals surface area contributed by atoms with Crippen molar-refractivity contribution in [2.45, 2.75) is 59.2 Å². The maximum absolute atomic E-state index is 12.5. The molecule has 2 aromatic carbocycles. The minimum Gasteiger partial charge on any atom is -0.459 e. The van der Waals surface area contributed by atoms with Gasteiger partial charge in [0.25, 0.3) is 0 Å². The summed E-state index contributed by atoms with van der Waals surface area (Å²) in [7, 11) is 0. The average Bonchev–Trinajstić information content (AvgIpc) is 2.70. The molecule has 0 aliphatic carbocycles. The smallest absolute Gasteiger partial charge is 0.335 e. The van der Waals surface area contributed by atoms with Crippen LogP contribution in [0.15, 0.2) is 54.6 Å². The molecule has 0 fully saturated rings. The van der Waals surface area contributed by atoms with E-state index in [2.05, 4.69) is 6.92 Å². The van der Waals surface area contributed by atoms with Crippen LogP contribution >= 0.6 is 0 Å². The van der Waals surface area contributed by atoms with Gasteiger partial charge in [-0.15, -0.1) is 0 Å². The van der Waals surface area contributed by atoms with E-state index in [1.54, 1.807) is 0 Å². The van der Waals surface area contributed by atoms with Crippen molar-refractivity contribution >= 4 is 5.97 Å². The number of hydrogen-bond acceptors (Lipinski definition) is 4. The van der Waals surface area contributed by atoms with Crippen molar-refractivity contribution in [3.63, 3.8) is 0 Å².